The van der Waals surface area contributed by atoms with Crippen LogP contribution in [0.3, 0.4) is 0 Å². The van der Waals surface area contributed by atoms with Crippen molar-refractivity contribution in [2.45, 2.75) is 70.5 Å². The molecule has 0 radical (unpaired) electrons. The van der Waals surface area contributed by atoms with Gasteiger partial charge in [0, 0.05) is 18.6 Å². The molecule has 0 bridgehead atoms. The van der Waals surface area contributed by atoms with Crippen molar-refractivity contribution in [2.75, 3.05) is 20.2 Å². The van der Waals surface area contributed by atoms with Gasteiger partial charge in [-0.25, -0.2) is 0 Å². The molecular weight excluding hydrogens is 252 g/mol. The Morgan fingerprint density at radius 2 is 1.85 bits per heavy atom. The van der Waals surface area contributed by atoms with Gasteiger partial charge in [-0.05, 0) is 51.0 Å². The fourth-order valence-electron chi connectivity index (χ4n) is 2.58. The summed E-state index contributed by atoms with van der Waals surface area (Å²) in [4.78, 5) is 14.4. The summed E-state index contributed by atoms with van der Waals surface area (Å²) in [7, 11) is 1.49. The number of esters is 1. The second-order valence-corrected chi connectivity index (χ2v) is 6.76. The quantitative estimate of drug-likeness (QED) is 0.624. The van der Waals surface area contributed by atoms with Crippen LogP contribution in [0.15, 0.2) is 0 Å². The van der Waals surface area contributed by atoms with Crippen LogP contribution in [0.25, 0.3) is 0 Å². The van der Waals surface area contributed by atoms with Crippen LogP contribution in [-0.2, 0) is 9.53 Å². The van der Waals surface area contributed by atoms with Gasteiger partial charge < -0.3 is 15.0 Å². The molecule has 1 N–H and O–H groups in total. The van der Waals surface area contributed by atoms with E-state index in [1.165, 1.54) is 45.8 Å². The number of hydrogen-bond donors (Lipinski definition) is 1. The molecule has 2 fully saturated rings. The first-order valence-corrected chi connectivity index (χ1v) is 8.18. The fourth-order valence-corrected chi connectivity index (χ4v) is 2.58. The molecule has 0 aliphatic heterocycles. The van der Waals surface area contributed by atoms with Crippen molar-refractivity contribution in [3.63, 3.8) is 0 Å². The number of hydrogen-bond acceptors (Lipinski definition) is 4. The number of carbonyl (C=O) groups is 1. The van der Waals surface area contributed by atoms with Crippen molar-refractivity contribution in [3.05, 3.63) is 0 Å². The van der Waals surface area contributed by atoms with E-state index in [1.54, 1.807) is 0 Å². The zero-order valence-corrected chi connectivity index (χ0v) is 13.2. The third-order valence-corrected chi connectivity index (χ3v) is 4.26. The Labute approximate surface area is 123 Å². The standard InChI is InChI=1S/C16H30N2O2/c1-12(2)8-10-18(14-6-7-14)11-9-15(16(19)20-3)17-13-4-5-13/h12-15,17H,4-11H2,1-3H3. The largest absolute Gasteiger partial charge is 0.468 e. The van der Waals surface area contributed by atoms with E-state index in [0.717, 1.165) is 24.9 Å². The molecular formula is C16H30N2O2. The first-order chi connectivity index (χ1) is 9.60. The normalized spacial score (nSPS) is 20.4. The molecule has 116 valence electrons. The molecule has 1 atom stereocenters. The van der Waals surface area contributed by atoms with Gasteiger partial charge in [0.05, 0.1) is 7.11 Å². The summed E-state index contributed by atoms with van der Waals surface area (Å²) in [5.41, 5.74) is 0. The Morgan fingerprint density at radius 3 is 2.35 bits per heavy atom. The summed E-state index contributed by atoms with van der Waals surface area (Å²) < 4.78 is 4.93. The SMILES string of the molecule is COC(=O)C(CCN(CCC(C)C)C1CC1)NC1CC1. The Hall–Kier alpha value is -0.610. The molecule has 20 heavy (non-hydrogen) atoms. The Balaban J connectivity index is 1.76. The highest BCUT2D eigenvalue weighted by molar-refractivity contribution is 5.75. The van der Waals surface area contributed by atoms with Crippen LogP contribution in [0, 0.1) is 5.92 Å². The summed E-state index contributed by atoms with van der Waals surface area (Å²) in [5, 5.41) is 3.42. The first kappa shape index (κ1) is 15.8. The van der Waals surface area contributed by atoms with Crippen LogP contribution in [-0.4, -0.2) is 49.2 Å². The summed E-state index contributed by atoms with van der Waals surface area (Å²) in [5.74, 6) is 0.647. The first-order valence-electron chi connectivity index (χ1n) is 8.18. The Kier molecular flexibility index (Phi) is 5.85. The second kappa shape index (κ2) is 7.41. The van der Waals surface area contributed by atoms with Crippen LogP contribution in [0.1, 0.15) is 52.4 Å². The van der Waals surface area contributed by atoms with Crippen molar-refractivity contribution in [3.8, 4) is 0 Å². The fraction of sp³-hybridized carbons (Fsp3) is 0.938. The molecule has 0 amide bonds. The molecule has 0 saturated heterocycles. The highest BCUT2D eigenvalue weighted by atomic mass is 16.5. The number of rotatable bonds is 10. The predicted octanol–water partition coefficient (Wildman–Crippen LogP) is 2.18. The molecule has 0 aromatic carbocycles. The van der Waals surface area contributed by atoms with Crippen molar-refractivity contribution < 1.29 is 9.53 Å². The van der Waals surface area contributed by atoms with E-state index in [4.69, 9.17) is 4.74 Å². The third kappa shape index (κ3) is 5.41. The Morgan fingerprint density at radius 1 is 1.20 bits per heavy atom. The zero-order chi connectivity index (χ0) is 14.5. The highest BCUT2D eigenvalue weighted by Gasteiger charge is 2.32. The van der Waals surface area contributed by atoms with Crippen LogP contribution >= 0.6 is 0 Å². The average molecular weight is 282 g/mol. The lowest BCUT2D eigenvalue weighted by molar-refractivity contribution is -0.143. The molecule has 0 aromatic rings. The maximum atomic E-state index is 11.8. The summed E-state index contributed by atoms with van der Waals surface area (Å²) >= 11 is 0. The van der Waals surface area contributed by atoms with Gasteiger partial charge in [-0.1, -0.05) is 13.8 Å². The van der Waals surface area contributed by atoms with Crippen LogP contribution in [0.4, 0.5) is 0 Å². The predicted molar refractivity (Wildman–Crippen MR) is 80.6 cm³/mol. The molecule has 2 aliphatic carbocycles. The second-order valence-electron chi connectivity index (χ2n) is 6.76. The molecule has 0 heterocycles. The molecule has 4 nitrogen and oxygen atoms in total. The van der Waals surface area contributed by atoms with E-state index in [1.807, 2.05) is 0 Å². The van der Waals surface area contributed by atoms with Gasteiger partial charge in [-0.15, -0.1) is 0 Å². The summed E-state index contributed by atoms with van der Waals surface area (Å²) in [6.07, 6.45) is 7.18. The van der Waals surface area contributed by atoms with E-state index < -0.39 is 0 Å². The van der Waals surface area contributed by atoms with Gasteiger partial charge in [0.2, 0.25) is 0 Å². The number of methoxy groups -OCH3 is 1. The van der Waals surface area contributed by atoms with E-state index in [2.05, 4.69) is 24.1 Å². The van der Waals surface area contributed by atoms with Crippen LogP contribution < -0.4 is 5.32 Å². The average Bonchev–Trinajstić information content (AvgIpc) is 3.28. The monoisotopic (exact) mass is 282 g/mol. The van der Waals surface area contributed by atoms with Gasteiger partial charge in [0.15, 0.2) is 0 Å². The number of ether oxygens (including phenoxy) is 1. The third-order valence-electron chi connectivity index (χ3n) is 4.26. The molecule has 4 heteroatoms. The van der Waals surface area contributed by atoms with Crippen molar-refractivity contribution in [2.24, 2.45) is 5.92 Å². The van der Waals surface area contributed by atoms with E-state index in [9.17, 15) is 4.79 Å². The topological polar surface area (TPSA) is 41.6 Å². The molecule has 2 rings (SSSR count). The number of nitrogens with zero attached hydrogens (tertiary/aromatic N) is 1. The maximum Gasteiger partial charge on any atom is 0.322 e. The summed E-state index contributed by atoms with van der Waals surface area (Å²) in [6.45, 7) is 6.73. The number of carbonyl (C=O) groups excluding carboxylic acids is 1. The van der Waals surface area contributed by atoms with E-state index >= 15 is 0 Å². The van der Waals surface area contributed by atoms with Gasteiger partial charge in [0.25, 0.3) is 0 Å². The lowest BCUT2D eigenvalue weighted by atomic mass is 10.1. The molecule has 2 saturated carbocycles. The maximum absolute atomic E-state index is 11.8. The highest BCUT2D eigenvalue weighted by Crippen LogP contribution is 2.28. The van der Waals surface area contributed by atoms with Gasteiger partial charge in [0.1, 0.15) is 6.04 Å². The smallest absolute Gasteiger partial charge is 0.322 e. The van der Waals surface area contributed by atoms with E-state index in [0.29, 0.717) is 6.04 Å². The Bertz CT molecular complexity index is 312. The lowest BCUT2D eigenvalue weighted by Gasteiger charge is -2.25. The molecule has 2 aliphatic rings. The molecule has 0 aromatic heterocycles. The number of nitrogens with one attached hydrogen (secondary N) is 1. The van der Waals surface area contributed by atoms with Gasteiger partial charge in [-0.2, -0.15) is 0 Å². The molecule has 0 spiro atoms. The van der Waals surface area contributed by atoms with Gasteiger partial charge >= 0.3 is 5.97 Å². The zero-order valence-electron chi connectivity index (χ0n) is 13.2. The minimum atomic E-state index is -0.118. The van der Waals surface area contributed by atoms with Crippen LogP contribution in [0.2, 0.25) is 0 Å². The van der Waals surface area contributed by atoms with Gasteiger partial charge in [-0.3, -0.25) is 4.79 Å². The molecule has 1 unspecified atom stereocenters. The summed E-state index contributed by atoms with van der Waals surface area (Å²) in [6, 6.07) is 1.20. The van der Waals surface area contributed by atoms with Crippen LogP contribution in [0.5, 0.6) is 0 Å². The van der Waals surface area contributed by atoms with E-state index in [-0.39, 0.29) is 12.0 Å². The lowest BCUT2D eigenvalue weighted by Crippen LogP contribution is -2.42. The minimum Gasteiger partial charge on any atom is -0.468 e. The van der Waals surface area contributed by atoms with Crippen molar-refractivity contribution in [1.82, 2.24) is 10.2 Å². The minimum absolute atomic E-state index is 0.100. The van der Waals surface area contributed by atoms with Crippen molar-refractivity contribution in [1.29, 1.82) is 0 Å². The van der Waals surface area contributed by atoms with Crippen molar-refractivity contribution >= 4 is 5.97 Å².